The Morgan fingerprint density at radius 3 is 2.80 bits per heavy atom. The monoisotopic (exact) mass is 338 g/mol. The molecule has 0 amide bonds. The molecule has 3 rings (SSSR count). The van der Waals surface area contributed by atoms with Crippen LogP contribution in [0.1, 0.15) is 31.7 Å². The van der Waals surface area contributed by atoms with Crippen LogP contribution < -0.4 is 4.90 Å². The first-order chi connectivity index (χ1) is 12.2. The molecule has 1 fully saturated rings. The second kappa shape index (κ2) is 8.12. The van der Waals surface area contributed by atoms with E-state index in [0.717, 1.165) is 61.2 Å². The Bertz CT molecular complexity index is 810. The van der Waals surface area contributed by atoms with Crippen molar-refractivity contribution >= 4 is 17.0 Å². The van der Waals surface area contributed by atoms with Gasteiger partial charge in [-0.2, -0.15) is 9.61 Å². The normalized spacial score (nSPS) is 16.6. The first kappa shape index (κ1) is 17.4. The summed E-state index contributed by atoms with van der Waals surface area (Å²) in [6, 6.07) is 4.16. The van der Waals surface area contributed by atoms with Crippen molar-refractivity contribution in [2.24, 2.45) is 0 Å². The molecule has 0 atom stereocenters. The van der Waals surface area contributed by atoms with Gasteiger partial charge in [-0.1, -0.05) is 37.3 Å². The number of nitrogens with zero attached hydrogens (tertiary/aromatic N) is 4. The van der Waals surface area contributed by atoms with Gasteiger partial charge in [0.15, 0.2) is 5.65 Å². The average Bonchev–Trinajstić information content (AvgIpc) is 3.05. The minimum atomic E-state index is 0.753. The summed E-state index contributed by atoms with van der Waals surface area (Å²) in [5.41, 5.74) is 3.91. The van der Waals surface area contributed by atoms with Gasteiger partial charge in [0.05, 0.1) is 18.9 Å². The van der Waals surface area contributed by atoms with Gasteiger partial charge in [0.2, 0.25) is 0 Å². The maximum atomic E-state index is 5.48. The summed E-state index contributed by atoms with van der Waals surface area (Å²) in [5, 5.41) is 4.84. The van der Waals surface area contributed by atoms with Crippen LogP contribution in [0.25, 0.3) is 11.2 Å². The largest absolute Gasteiger partial charge is 0.378 e. The van der Waals surface area contributed by atoms with E-state index in [4.69, 9.17) is 9.84 Å². The van der Waals surface area contributed by atoms with E-state index in [1.165, 1.54) is 0 Å². The number of aromatic nitrogens is 3. The molecule has 3 heterocycles. The van der Waals surface area contributed by atoms with E-state index in [9.17, 15) is 0 Å². The van der Waals surface area contributed by atoms with Crippen LogP contribution in [-0.4, -0.2) is 40.9 Å². The highest BCUT2D eigenvalue weighted by molar-refractivity contribution is 5.75. The van der Waals surface area contributed by atoms with Gasteiger partial charge in [-0.25, -0.2) is 4.98 Å². The number of ether oxygens (including phenoxy) is 1. The summed E-state index contributed by atoms with van der Waals surface area (Å²) in [6.45, 7) is 9.45. The third-order valence-electron chi connectivity index (χ3n) is 4.16. The van der Waals surface area contributed by atoms with Crippen LogP contribution in [0.3, 0.4) is 0 Å². The first-order valence-corrected chi connectivity index (χ1v) is 8.93. The Morgan fingerprint density at radius 2 is 2.08 bits per heavy atom. The molecule has 1 aliphatic heterocycles. The molecular formula is C20H26N4O. The van der Waals surface area contributed by atoms with Crippen molar-refractivity contribution in [2.75, 3.05) is 31.2 Å². The molecule has 25 heavy (non-hydrogen) atoms. The molecule has 0 unspecified atom stereocenters. The Hall–Kier alpha value is -2.40. The number of aryl methyl sites for hydroxylation is 1. The number of hydrogen-bond donors (Lipinski definition) is 0. The number of fused-ring (bicyclic) bond motifs is 1. The van der Waals surface area contributed by atoms with Gasteiger partial charge in [0, 0.05) is 36.5 Å². The zero-order valence-electron chi connectivity index (χ0n) is 15.3. The van der Waals surface area contributed by atoms with E-state index in [2.05, 4.69) is 53.2 Å². The van der Waals surface area contributed by atoms with E-state index < -0.39 is 0 Å². The van der Waals surface area contributed by atoms with Gasteiger partial charge < -0.3 is 9.64 Å². The fourth-order valence-corrected chi connectivity index (χ4v) is 2.95. The summed E-state index contributed by atoms with van der Waals surface area (Å²) in [7, 11) is 0. The lowest BCUT2D eigenvalue weighted by Crippen LogP contribution is -2.37. The summed E-state index contributed by atoms with van der Waals surface area (Å²) in [4.78, 5) is 6.98. The Balaban J connectivity index is 2.06. The number of anilines is 1. The first-order valence-electron chi connectivity index (χ1n) is 8.93. The third-order valence-corrected chi connectivity index (χ3v) is 4.16. The molecule has 0 N–H and O–H groups in total. The van der Waals surface area contributed by atoms with Crippen LogP contribution in [0, 0.1) is 6.92 Å². The molecule has 0 saturated carbocycles. The molecule has 0 spiro atoms. The lowest BCUT2D eigenvalue weighted by Gasteiger charge is -2.29. The van der Waals surface area contributed by atoms with Gasteiger partial charge in [-0.15, -0.1) is 0 Å². The minimum absolute atomic E-state index is 0.753. The van der Waals surface area contributed by atoms with Gasteiger partial charge >= 0.3 is 0 Å². The van der Waals surface area contributed by atoms with Crippen molar-refractivity contribution < 1.29 is 4.74 Å². The molecule has 5 nitrogen and oxygen atoms in total. The fourth-order valence-electron chi connectivity index (χ4n) is 2.95. The van der Waals surface area contributed by atoms with Crippen LogP contribution in [-0.2, 0) is 4.74 Å². The number of rotatable bonds is 5. The van der Waals surface area contributed by atoms with Crippen molar-refractivity contribution in [1.82, 2.24) is 14.6 Å². The van der Waals surface area contributed by atoms with Gasteiger partial charge in [-0.3, -0.25) is 0 Å². The van der Waals surface area contributed by atoms with E-state index in [0.29, 0.717) is 0 Å². The Labute approximate surface area is 149 Å². The van der Waals surface area contributed by atoms with Crippen LogP contribution in [0.2, 0.25) is 0 Å². The molecule has 0 aromatic carbocycles. The van der Waals surface area contributed by atoms with Crippen LogP contribution in [0.5, 0.6) is 0 Å². The standard InChI is InChI=1S/C20H26N4O/c1-4-6-7-9-17(8-5-2)18-15-19-21-16(3)14-20(24(19)22-18)23-10-12-25-13-11-23/h5-9,14-15H,4,10-13H2,1-3H3/b7-6+,8-5-,17-9+. The Morgan fingerprint density at radius 1 is 1.28 bits per heavy atom. The predicted molar refractivity (Wildman–Crippen MR) is 103 cm³/mol. The van der Waals surface area contributed by atoms with Crippen LogP contribution in [0.4, 0.5) is 5.82 Å². The maximum Gasteiger partial charge on any atom is 0.158 e. The van der Waals surface area contributed by atoms with Crippen LogP contribution >= 0.6 is 0 Å². The van der Waals surface area contributed by atoms with Crippen molar-refractivity contribution in [1.29, 1.82) is 0 Å². The van der Waals surface area contributed by atoms with Gasteiger partial charge in [-0.05, 0) is 20.3 Å². The summed E-state index contributed by atoms with van der Waals surface area (Å²) >= 11 is 0. The lowest BCUT2D eigenvalue weighted by atomic mass is 10.1. The number of allylic oxidation sites excluding steroid dienone is 6. The zero-order chi connectivity index (χ0) is 17.6. The molecule has 0 radical (unpaired) electrons. The molecule has 1 saturated heterocycles. The van der Waals surface area contributed by atoms with Crippen LogP contribution in [0.15, 0.2) is 42.5 Å². The number of hydrogen-bond acceptors (Lipinski definition) is 4. The van der Waals surface area contributed by atoms with Crippen molar-refractivity contribution in [2.45, 2.75) is 27.2 Å². The predicted octanol–water partition coefficient (Wildman–Crippen LogP) is 3.80. The zero-order valence-corrected chi connectivity index (χ0v) is 15.3. The van der Waals surface area contributed by atoms with E-state index in [1.54, 1.807) is 0 Å². The molecule has 0 bridgehead atoms. The van der Waals surface area contributed by atoms with Gasteiger partial charge in [0.25, 0.3) is 0 Å². The maximum absolute atomic E-state index is 5.48. The van der Waals surface area contributed by atoms with E-state index in [-0.39, 0.29) is 0 Å². The molecule has 2 aromatic heterocycles. The molecule has 5 heteroatoms. The summed E-state index contributed by atoms with van der Waals surface area (Å²) < 4.78 is 7.43. The number of morpholine rings is 1. The van der Waals surface area contributed by atoms with Crippen molar-refractivity contribution in [3.63, 3.8) is 0 Å². The molecule has 1 aliphatic rings. The van der Waals surface area contributed by atoms with Crippen molar-refractivity contribution in [3.8, 4) is 0 Å². The SMILES string of the molecule is C\C=C/C(=C\C=C\CC)c1cc2nc(C)cc(N3CCOCC3)n2n1. The summed E-state index contributed by atoms with van der Waals surface area (Å²) in [6.07, 6.45) is 11.5. The Kier molecular flexibility index (Phi) is 5.66. The van der Waals surface area contributed by atoms with Crippen molar-refractivity contribution in [3.05, 3.63) is 53.9 Å². The second-order valence-electron chi connectivity index (χ2n) is 6.11. The minimum Gasteiger partial charge on any atom is -0.378 e. The second-order valence-corrected chi connectivity index (χ2v) is 6.11. The average molecular weight is 338 g/mol. The third kappa shape index (κ3) is 3.99. The highest BCUT2D eigenvalue weighted by atomic mass is 16.5. The molecule has 132 valence electrons. The highest BCUT2D eigenvalue weighted by Crippen LogP contribution is 2.23. The molecule has 2 aromatic rings. The molecule has 0 aliphatic carbocycles. The molecular weight excluding hydrogens is 312 g/mol. The lowest BCUT2D eigenvalue weighted by molar-refractivity contribution is 0.122. The van der Waals surface area contributed by atoms with E-state index >= 15 is 0 Å². The van der Waals surface area contributed by atoms with Gasteiger partial charge in [0.1, 0.15) is 5.82 Å². The quantitative estimate of drug-likeness (QED) is 0.778. The highest BCUT2D eigenvalue weighted by Gasteiger charge is 2.17. The van der Waals surface area contributed by atoms with E-state index in [1.807, 2.05) is 24.4 Å². The topological polar surface area (TPSA) is 42.7 Å². The smallest absolute Gasteiger partial charge is 0.158 e. The summed E-state index contributed by atoms with van der Waals surface area (Å²) in [5.74, 6) is 1.08. The fraction of sp³-hybridized carbons (Fsp3) is 0.400.